The normalized spacial score (nSPS) is 30.6. The maximum absolute atomic E-state index is 12.9. The van der Waals surface area contributed by atoms with Crippen LogP contribution in [-0.2, 0) is 11.3 Å². The van der Waals surface area contributed by atoms with Gasteiger partial charge in [-0.15, -0.1) is 17.9 Å². The van der Waals surface area contributed by atoms with Gasteiger partial charge in [0.15, 0.2) is 0 Å². The number of halogens is 1. The number of rotatable bonds is 5. The van der Waals surface area contributed by atoms with Crippen molar-refractivity contribution in [2.75, 3.05) is 6.54 Å². The lowest BCUT2D eigenvalue weighted by molar-refractivity contribution is -0.137. The standard InChI is InChI=1S/C16H21ClN2OS/c1-2-7-19(9-12-5-6-13(17)21-12)16(20)14-10-3-4-11(8-10)15(14)18/h2,5-6,10-11,14-15H,1,3-4,7-9,18H2. The predicted molar refractivity (Wildman–Crippen MR) is 87.2 cm³/mol. The Morgan fingerprint density at radius 1 is 1.48 bits per heavy atom. The van der Waals surface area contributed by atoms with Gasteiger partial charge in [0, 0.05) is 17.5 Å². The lowest BCUT2D eigenvalue weighted by atomic mass is 9.84. The van der Waals surface area contributed by atoms with E-state index in [1.54, 1.807) is 6.08 Å². The van der Waals surface area contributed by atoms with Crippen LogP contribution >= 0.6 is 22.9 Å². The summed E-state index contributed by atoms with van der Waals surface area (Å²) in [5.74, 6) is 1.22. The maximum atomic E-state index is 12.9. The summed E-state index contributed by atoms with van der Waals surface area (Å²) in [4.78, 5) is 15.9. The van der Waals surface area contributed by atoms with E-state index in [2.05, 4.69) is 6.58 Å². The second-order valence-corrected chi connectivity index (χ2v) is 7.95. The fraction of sp³-hybridized carbons (Fsp3) is 0.562. The molecule has 2 aliphatic carbocycles. The molecule has 2 aliphatic rings. The number of carbonyl (C=O) groups excluding carboxylic acids is 1. The number of hydrogen-bond donors (Lipinski definition) is 1. The van der Waals surface area contributed by atoms with E-state index >= 15 is 0 Å². The zero-order chi connectivity index (χ0) is 15.0. The van der Waals surface area contributed by atoms with Gasteiger partial charge in [0.1, 0.15) is 0 Å². The van der Waals surface area contributed by atoms with Crippen molar-refractivity contribution < 1.29 is 4.79 Å². The van der Waals surface area contributed by atoms with Crippen LogP contribution < -0.4 is 5.73 Å². The SMILES string of the molecule is C=CCN(Cc1ccc(Cl)s1)C(=O)C1C2CCC(C2)C1N. The van der Waals surface area contributed by atoms with Crippen LogP contribution in [-0.4, -0.2) is 23.4 Å². The Labute approximate surface area is 134 Å². The third kappa shape index (κ3) is 2.89. The molecule has 2 bridgehead atoms. The number of amides is 1. The first-order chi connectivity index (χ1) is 10.1. The maximum Gasteiger partial charge on any atom is 0.228 e. The molecule has 4 unspecified atom stereocenters. The van der Waals surface area contributed by atoms with E-state index in [1.807, 2.05) is 17.0 Å². The van der Waals surface area contributed by atoms with Crippen LogP contribution in [0.4, 0.5) is 0 Å². The lowest BCUT2D eigenvalue weighted by Crippen LogP contribution is -2.46. The van der Waals surface area contributed by atoms with E-state index in [1.165, 1.54) is 17.8 Å². The van der Waals surface area contributed by atoms with Crippen molar-refractivity contribution in [2.45, 2.75) is 31.8 Å². The van der Waals surface area contributed by atoms with Crippen molar-refractivity contribution in [3.05, 3.63) is 34.0 Å². The van der Waals surface area contributed by atoms with E-state index in [0.29, 0.717) is 24.9 Å². The summed E-state index contributed by atoms with van der Waals surface area (Å²) in [5, 5.41) is 0. The molecular weight excluding hydrogens is 304 g/mol. The molecule has 1 aromatic heterocycles. The highest BCUT2D eigenvalue weighted by atomic mass is 35.5. The first-order valence-electron chi connectivity index (χ1n) is 7.49. The third-order valence-electron chi connectivity index (χ3n) is 4.90. The Morgan fingerprint density at radius 3 is 2.81 bits per heavy atom. The van der Waals surface area contributed by atoms with Gasteiger partial charge in [0.25, 0.3) is 0 Å². The topological polar surface area (TPSA) is 46.3 Å². The second kappa shape index (κ2) is 6.11. The highest BCUT2D eigenvalue weighted by Gasteiger charge is 2.50. The van der Waals surface area contributed by atoms with Gasteiger partial charge in [-0.25, -0.2) is 0 Å². The van der Waals surface area contributed by atoms with Gasteiger partial charge in [-0.3, -0.25) is 4.79 Å². The van der Waals surface area contributed by atoms with Gasteiger partial charge < -0.3 is 10.6 Å². The van der Waals surface area contributed by atoms with Gasteiger partial charge >= 0.3 is 0 Å². The number of thiophene rings is 1. The molecule has 3 rings (SSSR count). The minimum Gasteiger partial charge on any atom is -0.334 e. The summed E-state index contributed by atoms with van der Waals surface area (Å²) >= 11 is 7.50. The van der Waals surface area contributed by atoms with E-state index in [4.69, 9.17) is 17.3 Å². The number of nitrogens with two attached hydrogens (primary N) is 1. The molecule has 21 heavy (non-hydrogen) atoms. The predicted octanol–water partition coefficient (Wildman–Crippen LogP) is 3.29. The molecule has 1 amide bonds. The first-order valence-corrected chi connectivity index (χ1v) is 8.69. The molecule has 114 valence electrons. The largest absolute Gasteiger partial charge is 0.334 e. The summed E-state index contributed by atoms with van der Waals surface area (Å²) < 4.78 is 0.757. The highest BCUT2D eigenvalue weighted by Crippen LogP contribution is 2.48. The summed E-state index contributed by atoms with van der Waals surface area (Å²) in [6, 6.07) is 3.90. The van der Waals surface area contributed by atoms with Crippen LogP contribution in [0, 0.1) is 17.8 Å². The van der Waals surface area contributed by atoms with Crippen LogP contribution in [0.3, 0.4) is 0 Å². The van der Waals surface area contributed by atoms with Crippen molar-refractivity contribution in [3.63, 3.8) is 0 Å². The molecule has 2 fully saturated rings. The molecule has 5 heteroatoms. The Hall–Kier alpha value is -0.840. The van der Waals surface area contributed by atoms with Crippen molar-refractivity contribution in [2.24, 2.45) is 23.5 Å². The van der Waals surface area contributed by atoms with Crippen LogP contribution in [0.15, 0.2) is 24.8 Å². The quantitative estimate of drug-likeness (QED) is 0.845. The molecule has 2 saturated carbocycles. The van der Waals surface area contributed by atoms with Gasteiger partial charge in [-0.2, -0.15) is 0 Å². The number of carbonyl (C=O) groups is 1. The molecule has 3 nitrogen and oxygen atoms in total. The molecule has 0 spiro atoms. The van der Waals surface area contributed by atoms with Crippen LogP contribution in [0.25, 0.3) is 0 Å². The summed E-state index contributed by atoms with van der Waals surface area (Å²) in [6.07, 6.45) is 5.26. The van der Waals surface area contributed by atoms with Crippen molar-refractivity contribution >= 4 is 28.8 Å². The molecule has 0 radical (unpaired) electrons. The lowest BCUT2D eigenvalue weighted by Gasteiger charge is -2.32. The average molecular weight is 325 g/mol. The van der Waals surface area contributed by atoms with Gasteiger partial charge in [0.05, 0.1) is 16.8 Å². The summed E-state index contributed by atoms with van der Waals surface area (Å²) in [7, 11) is 0. The smallest absolute Gasteiger partial charge is 0.228 e. The Balaban J connectivity index is 1.74. The number of fused-ring (bicyclic) bond motifs is 2. The fourth-order valence-electron chi connectivity index (χ4n) is 3.93. The number of nitrogens with zero attached hydrogens (tertiary/aromatic N) is 1. The number of hydrogen-bond acceptors (Lipinski definition) is 3. The van der Waals surface area contributed by atoms with Crippen LogP contribution in [0.2, 0.25) is 4.34 Å². The molecule has 0 aromatic carbocycles. The summed E-state index contributed by atoms with van der Waals surface area (Å²) in [5.41, 5.74) is 6.30. The zero-order valence-electron chi connectivity index (χ0n) is 12.0. The van der Waals surface area contributed by atoms with Gasteiger partial charge in [-0.1, -0.05) is 17.7 Å². The van der Waals surface area contributed by atoms with Crippen LogP contribution in [0.5, 0.6) is 0 Å². The fourth-order valence-corrected chi connectivity index (χ4v) is 5.03. The Kier molecular flexibility index (Phi) is 4.38. The van der Waals surface area contributed by atoms with E-state index in [-0.39, 0.29) is 17.9 Å². The first kappa shape index (κ1) is 15.1. The van der Waals surface area contributed by atoms with Gasteiger partial charge in [-0.05, 0) is 43.2 Å². The van der Waals surface area contributed by atoms with Crippen molar-refractivity contribution in [3.8, 4) is 0 Å². The third-order valence-corrected chi connectivity index (χ3v) is 6.12. The minimum atomic E-state index is -0.000802. The van der Waals surface area contributed by atoms with E-state index < -0.39 is 0 Å². The monoisotopic (exact) mass is 324 g/mol. The molecular formula is C16H21ClN2OS. The second-order valence-electron chi connectivity index (χ2n) is 6.15. The van der Waals surface area contributed by atoms with E-state index in [0.717, 1.165) is 22.1 Å². The van der Waals surface area contributed by atoms with Crippen molar-refractivity contribution in [1.29, 1.82) is 0 Å². The average Bonchev–Trinajstić information content (AvgIpc) is 3.14. The Morgan fingerprint density at radius 2 is 2.24 bits per heavy atom. The molecule has 0 saturated heterocycles. The van der Waals surface area contributed by atoms with Crippen molar-refractivity contribution in [1.82, 2.24) is 4.90 Å². The molecule has 1 aromatic rings. The zero-order valence-corrected chi connectivity index (χ0v) is 13.6. The molecule has 1 heterocycles. The highest BCUT2D eigenvalue weighted by molar-refractivity contribution is 7.16. The minimum absolute atomic E-state index is 0.000802. The molecule has 0 aliphatic heterocycles. The Bertz CT molecular complexity index is 542. The van der Waals surface area contributed by atoms with Crippen LogP contribution in [0.1, 0.15) is 24.1 Å². The summed E-state index contributed by atoms with van der Waals surface area (Å²) in [6.45, 7) is 4.94. The van der Waals surface area contributed by atoms with Gasteiger partial charge in [0.2, 0.25) is 5.91 Å². The molecule has 2 N–H and O–H groups in total. The van der Waals surface area contributed by atoms with E-state index in [9.17, 15) is 4.79 Å². The molecule has 4 atom stereocenters.